The Kier molecular flexibility index (Phi) is 8.54. The van der Waals surface area contributed by atoms with Gasteiger partial charge in [0, 0.05) is 12.8 Å². The van der Waals surface area contributed by atoms with E-state index in [1.807, 2.05) is 6.92 Å². The van der Waals surface area contributed by atoms with Crippen molar-refractivity contribution in [2.24, 2.45) is 5.73 Å². The molecule has 0 aliphatic rings. The Hall–Kier alpha value is -0.630. The number of hydrogen-bond acceptors (Lipinski definition) is 2. The third-order valence-corrected chi connectivity index (χ3v) is 2.36. The molecule has 0 atom stereocenters. The van der Waals surface area contributed by atoms with Crippen molar-refractivity contribution in [1.82, 2.24) is 0 Å². The van der Waals surface area contributed by atoms with Crippen molar-refractivity contribution in [2.45, 2.75) is 51.9 Å². The first-order valence-corrected chi connectivity index (χ1v) is 5.59. The summed E-state index contributed by atoms with van der Waals surface area (Å²) in [6, 6.07) is 0. The van der Waals surface area contributed by atoms with Crippen LogP contribution in [0.2, 0.25) is 0 Å². The fourth-order valence-corrected chi connectivity index (χ4v) is 1.31. The lowest BCUT2D eigenvalue weighted by Gasteiger charge is -2.02. The Bertz CT molecular complexity index is 175. The Morgan fingerprint density at radius 1 is 1.21 bits per heavy atom. The number of unbranched alkanes of at least 4 members (excludes halogenated alkanes) is 3. The van der Waals surface area contributed by atoms with Gasteiger partial charge >= 0.3 is 0 Å². The minimum atomic E-state index is 0.338. The number of Topliss-reactive ketones (excluding diaryl/α,β-unsaturated/α-hetero) is 1. The molecule has 0 heterocycles. The molecule has 2 N–H and O–H groups in total. The molecule has 0 aliphatic heterocycles. The van der Waals surface area contributed by atoms with Crippen LogP contribution in [0.5, 0.6) is 0 Å². The van der Waals surface area contributed by atoms with Gasteiger partial charge in [-0.3, -0.25) is 4.79 Å². The third-order valence-electron chi connectivity index (χ3n) is 2.36. The molecule has 0 aromatic heterocycles. The van der Waals surface area contributed by atoms with E-state index >= 15 is 0 Å². The van der Waals surface area contributed by atoms with Crippen LogP contribution in [-0.2, 0) is 4.79 Å². The summed E-state index contributed by atoms with van der Waals surface area (Å²) in [5.41, 5.74) is 6.43. The van der Waals surface area contributed by atoms with E-state index in [0.29, 0.717) is 18.6 Å². The highest BCUT2D eigenvalue weighted by molar-refractivity contribution is 5.80. The van der Waals surface area contributed by atoms with Gasteiger partial charge in [0.1, 0.15) is 5.78 Å². The van der Waals surface area contributed by atoms with Crippen LogP contribution in [0.1, 0.15) is 51.9 Å². The van der Waals surface area contributed by atoms with Crippen molar-refractivity contribution in [3.63, 3.8) is 0 Å². The Labute approximate surface area is 87.6 Å². The van der Waals surface area contributed by atoms with Crippen LogP contribution in [0.3, 0.4) is 0 Å². The highest BCUT2D eigenvalue weighted by atomic mass is 16.1. The summed E-state index contributed by atoms with van der Waals surface area (Å²) in [6.07, 6.45) is 6.57. The zero-order chi connectivity index (χ0) is 10.8. The van der Waals surface area contributed by atoms with Gasteiger partial charge in [0.15, 0.2) is 0 Å². The summed E-state index contributed by atoms with van der Waals surface area (Å²) in [5.74, 6) is 0.338. The quantitative estimate of drug-likeness (QED) is 0.456. The van der Waals surface area contributed by atoms with Gasteiger partial charge in [-0.25, -0.2) is 0 Å². The molecule has 14 heavy (non-hydrogen) atoms. The Morgan fingerprint density at radius 3 is 2.43 bits per heavy atom. The number of carbonyl (C=O) groups is 1. The number of hydrogen-bond donors (Lipinski definition) is 1. The van der Waals surface area contributed by atoms with Crippen LogP contribution >= 0.6 is 0 Å². The summed E-state index contributed by atoms with van der Waals surface area (Å²) < 4.78 is 0. The molecule has 0 aromatic rings. The van der Waals surface area contributed by atoms with Crippen molar-refractivity contribution in [3.05, 3.63) is 12.2 Å². The van der Waals surface area contributed by atoms with Gasteiger partial charge in [-0.05, 0) is 25.8 Å². The number of nitrogens with two attached hydrogens (primary N) is 1. The van der Waals surface area contributed by atoms with Gasteiger partial charge < -0.3 is 5.73 Å². The van der Waals surface area contributed by atoms with E-state index in [2.05, 4.69) is 6.58 Å². The van der Waals surface area contributed by atoms with E-state index in [-0.39, 0.29) is 0 Å². The molecule has 0 saturated heterocycles. The molecule has 0 fully saturated rings. The van der Waals surface area contributed by atoms with Crippen LogP contribution in [-0.4, -0.2) is 12.3 Å². The molecule has 0 spiro atoms. The molecule has 0 amide bonds. The molecule has 2 nitrogen and oxygen atoms in total. The predicted octanol–water partition coefficient (Wildman–Crippen LogP) is 2.82. The van der Waals surface area contributed by atoms with E-state index in [9.17, 15) is 4.79 Å². The van der Waals surface area contributed by atoms with E-state index in [0.717, 1.165) is 44.2 Å². The van der Waals surface area contributed by atoms with E-state index < -0.39 is 0 Å². The number of ketones is 1. The molecule has 0 saturated carbocycles. The van der Waals surface area contributed by atoms with Crippen LogP contribution in [0.15, 0.2) is 12.2 Å². The molecule has 0 radical (unpaired) electrons. The lowest BCUT2D eigenvalue weighted by Crippen LogP contribution is -2.00. The predicted molar refractivity (Wildman–Crippen MR) is 61.2 cm³/mol. The molecule has 0 aromatic carbocycles. The monoisotopic (exact) mass is 197 g/mol. The second kappa shape index (κ2) is 8.95. The van der Waals surface area contributed by atoms with E-state index in [1.165, 1.54) is 0 Å². The molecule has 2 heteroatoms. The fourth-order valence-electron chi connectivity index (χ4n) is 1.31. The van der Waals surface area contributed by atoms with Gasteiger partial charge in [0.25, 0.3) is 0 Å². The average Bonchev–Trinajstić information content (AvgIpc) is 2.17. The standard InChI is InChI=1S/C12H23NO/c1-3-11(2)10-12(14)8-6-4-5-7-9-13/h2-10,13H2,1H3. The average molecular weight is 197 g/mol. The molecule has 82 valence electrons. The summed E-state index contributed by atoms with van der Waals surface area (Å²) in [5, 5.41) is 0. The molecular formula is C12H23NO. The topological polar surface area (TPSA) is 43.1 Å². The van der Waals surface area contributed by atoms with Gasteiger partial charge in [-0.15, -0.1) is 0 Å². The van der Waals surface area contributed by atoms with Crippen LogP contribution in [0.25, 0.3) is 0 Å². The molecular weight excluding hydrogens is 174 g/mol. The van der Waals surface area contributed by atoms with Crippen LogP contribution < -0.4 is 5.73 Å². The largest absolute Gasteiger partial charge is 0.330 e. The Morgan fingerprint density at radius 2 is 1.86 bits per heavy atom. The number of allylic oxidation sites excluding steroid dienone is 1. The lowest BCUT2D eigenvalue weighted by atomic mass is 10.0. The zero-order valence-corrected chi connectivity index (χ0v) is 9.35. The minimum Gasteiger partial charge on any atom is -0.330 e. The summed E-state index contributed by atoms with van der Waals surface area (Å²) >= 11 is 0. The van der Waals surface area contributed by atoms with Crippen LogP contribution in [0.4, 0.5) is 0 Å². The number of carbonyl (C=O) groups excluding carboxylic acids is 1. The highest BCUT2D eigenvalue weighted by Gasteiger charge is 2.02. The van der Waals surface area contributed by atoms with E-state index in [4.69, 9.17) is 5.73 Å². The molecule has 0 aliphatic carbocycles. The first-order valence-electron chi connectivity index (χ1n) is 5.59. The normalized spacial score (nSPS) is 10.1. The molecule has 0 unspecified atom stereocenters. The summed E-state index contributed by atoms with van der Waals surface area (Å²) in [6.45, 7) is 6.64. The fraction of sp³-hybridized carbons (Fsp3) is 0.750. The van der Waals surface area contributed by atoms with Crippen molar-refractivity contribution < 1.29 is 4.79 Å². The van der Waals surface area contributed by atoms with E-state index in [1.54, 1.807) is 0 Å². The van der Waals surface area contributed by atoms with Crippen molar-refractivity contribution in [1.29, 1.82) is 0 Å². The molecule has 0 rings (SSSR count). The maximum atomic E-state index is 11.4. The highest BCUT2D eigenvalue weighted by Crippen LogP contribution is 2.09. The second-order valence-corrected chi connectivity index (χ2v) is 3.77. The number of rotatable bonds is 9. The van der Waals surface area contributed by atoms with Gasteiger partial charge in [-0.1, -0.05) is 31.9 Å². The third kappa shape index (κ3) is 7.99. The SMILES string of the molecule is C=C(CC)CC(=O)CCCCCCN. The zero-order valence-electron chi connectivity index (χ0n) is 9.35. The summed E-state index contributed by atoms with van der Waals surface area (Å²) in [4.78, 5) is 11.4. The first kappa shape index (κ1) is 13.4. The molecule has 0 bridgehead atoms. The summed E-state index contributed by atoms with van der Waals surface area (Å²) in [7, 11) is 0. The minimum absolute atomic E-state index is 0.338. The van der Waals surface area contributed by atoms with Gasteiger partial charge in [0.2, 0.25) is 0 Å². The van der Waals surface area contributed by atoms with Crippen LogP contribution in [0, 0.1) is 0 Å². The van der Waals surface area contributed by atoms with Crippen molar-refractivity contribution >= 4 is 5.78 Å². The first-order chi connectivity index (χ1) is 6.70. The van der Waals surface area contributed by atoms with Crippen molar-refractivity contribution in [3.8, 4) is 0 Å². The Balaban J connectivity index is 3.31. The maximum Gasteiger partial charge on any atom is 0.136 e. The maximum absolute atomic E-state index is 11.4. The van der Waals surface area contributed by atoms with Gasteiger partial charge in [0.05, 0.1) is 0 Å². The lowest BCUT2D eigenvalue weighted by molar-refractivity contribution is -0.118. The smallest absolute Gasteiger partial charge is 0.136 e. The van der Waals surface area contributed by atoms with Crippen molar-refractivity contribution in [2.75, 3.05) is 6.54 Å². The second-order valence-electron chi connectivity index (χ2n) is 3.77. The van der Waals surface area contributed by atoms with Gasteiger partial charge in [-0.2, -0.15) is 0 Å².